The molecule has 0 aromatic heterocycles. The predicted molar refractivity (Wildman–Crippen MR) is 114 cm³/mol. The molecule has 1 aliphatic rings. The third-order valence-corrected chi connectivity index (χ3v) is 7.26. The molecule has 3 rings (SSSR count). The first-order valence-corrected chi connectivity index (χ1v) is 11.4. The van der Waals surface area contributed by atoms with E-state index in [1.807, 2.05) is 12.1 Å². The van der Waals surface area contributed by atoms with Crippen LogP contribution in [0.4, 0.5) is 0 Å². The van der Waals surface area contributed by atoms with Crippen LogP contribution in [0.5, 0.6) is 11.5 Å². The highest BCUT2D eigenvalue weighted by Gasteiger charge is 2.35. The van der Waals surface area contributed by atoms with E-state index in [9.17, 15) is 13.2 Å². The van der Waals surface area contributed by atoms with Crippen LogP contribution in [-0.2, 0) is 21.4 Å². The number of benzene rings is 2. The Morgan fingerprint density at radius 1 is 1.17 bits per heavy atom. The fourth-order valence-electron chi connectivity index (χ4n) is 3.44. The Balaban J connectivity index is 1.71. The van der Waals surface area contributed by atoms with Gasteiger partial charge in [-0.05, 0) is 42.7 Å². The quantitative estimate of drug-likeness (QED) is 0.697. The normalized spacial score (nSPS) is 17.4. The monoisotopic (exact) mass is 452 g/mol. The van der Waals surface area contributed by atoms with Gasteiger partial charge in [0.15, 0.2) is 0 Å². The smallest absolute Gasteiger partial charge is 0.246 e. The molecule has 0 saturated carbocycles. The number of hydrogen-bond donors (Lipinski definition) is 1. The van der Waals surface area contributed by atoms with Crippen LogP contribution in [-0.4, -0.2) is 45.9 Å². The highest BCUT2D eigenvalue weighted by atomic mass is 35.5. The van der Waals surface area contributed by atoms with E-state index in [0.29, 0.717) is 36.7 Å². The highest BCUT2D eigenvalue weighted by molar-refractivity contribution is 7.89. The van der Waals surface area contributed by atoms with Crippen molar-refractivity contribution >= 4 is 27.5 Å². The summed E-state index contributed by atoms with van der Waals surface area (Å²) in [6, 6.07) is 11.9. The van der Waals surface area contributed by atoms with E-state index in [4.69, 9.17) is 21.1 Å². The molecule has 1 fully saturated rings. The van der Waals surface area contributed by atoms with Gasteiger partial charge in [-0.1, -0.05) is 23.7 Å². The summed E-state index contributed by atoms with van der Waals surface area (Å²) in [6.07, 6.45) is 1.23. The molecule has 0 bridgehead atoms. The number of piperidine rings is 1. The number of hydrogen-bond acceptors (Lipinski definition) is 5. The van der Waals surface area contributed by atoms with Gasteiger partial charge >= 0.3 is 0 Å². The minimum Gasteiger partial charge on any atom is -0.497 e. The SMILES string of the molecule is COc1ccc(OC)c(S(=O)(=O)N2CCCC(C(=O)NCc3ccc(Cl)cc3)C2)c1. The van der Waals surface area contributed by atoms with Crippen LogP contribution in [0.25, 0.3) is 0 Å². The Hall–Kier alpha value is -2.29. The van der Waals surface area contributed by atoms with Crippen molar-refractivity contribution in [2.24, 2.45) is 5.92 Å². The van der Waals surface area contributed by atoms with Crippen molar-refractivity contribution < 1.29 is 22.7 Å². The van der Waals surface area contributed by atoms with Crippen LogP contribution in [0, 0.1) is 5.92 Å². The second kappa shape index (κ2) is 9.68. The number of halogens is 1. The Morgan fingerprint density at radius 3 is 2.57 bits per heavy atom. The number of amides is 1. The van der Waals surface area contributed by atoms with Crippen LogP contribution < -0.4 is 14.8 Å². The molecule has 1 amide bonds. The lowest BCUT2D eigenvalue weighted by Gasteiger charge is -2.31. The average Bonchev–Trinajstić information content (AvgIpc) is 2.78. The maximum Gasteiger partial charge on any atom is 0.246 e. The lowest BCUT2D eigenvalue weighted by Crippen LogP contribution is -2.45. The van der Waals surface area contributed by atoms with Crippen molar-refractivity contribution in [3.8, 4) is 11.5 Å². The number of nitrogens with zero attached hydrogens (tertiary/aromatic N) is 1. The number of nitrogens with one attached hydrogen (secondary N) is 1. The maximum atomic E-state index is 13.3. The largest absolute Gasteiger partial charge is 0.497 e. The molecule has 162 valence electrons. The molecule has 2 aromatic carbocycles. The molecule has 7 nitrogen and oxygen atoms in total. The van der Waals surface area contributed by atoms with Crippen LogP contribution in [0.1, 0.15) is 18.4 Å². The Kier molecular flexibility index (Phi) is 7.23. The number of carbonyl (C=O) groups is 1. The summed E-state index contributed by atoms with van der Waals surface area (Å²) < 4.78 is 38.3. The summed E-state index contributed by atoms with van der Waals surface area (Å²) >= 11 is 5.88. The van der Waals surface area contributed by atoms with Crippen molar-refractivity contribution in [2.75, 3.05) is 27.3 Å². The molecular weight excluding hydrogens is 428 g/mol. The number of sulfonamides is 1. The van der Waals surface area contributed by atoms with E-state index >= 15 is 0 Å². The molecule has 1 aliphatic heterocycles. The van der Waals surface area contributed by atoms with E-state index < -0.39 is 15.9 Å². The maximum absolute atomic E-state index is 13.3. The van der Waals surface area contributed by atoms with Crippen molar-refractivity contribution in [2.45, 2.75) is 24.3 Å². The van der Waals surface area contributed by atoms with Gasteiger partial charge in [-0.2, -0.15) is 4.31 Å². The minimum absolute atomic E-state index is 0.0339. The number of carbonyl (C=O) groups excluding carboxylic acids is 1. The molecule has 0 radical (unpaired) electrons. The molecule has 0 spiro atoms. The fraction of sp³-hybridized carbons (Fsp3) is 0.381. The number of rotatable bonds is 7. The van der Waals surface area contributed by atoms with Crippen LogP contribution in [0.2, 0.25) is 5.02 Å². The summed E-state index contributed by atoms with van der Waals surface area (Å²) in [6.45, 7) is 0.835. The first kappa shape index (κ1) is 22.4. The second-order valence-electron chi connectivity index (χ2n) is 7.06. The summed E-state index contributed by atoms with van der Waals surface area (Å²) in [5.74, 6) is 0.0774. The van der Waals surface area contributed by atoms with Gasteiger partial charge in [0.25, 0.3) is 0 Å². The average molecular weight is 453 g/mol. The minimum atomic E-state index is -3.84. The first-order chi connectivity index (χ1) is 14.3. The molecule has 1 heterocycles. The molecule has 1 unspecified atom stereocenters. The van der Waals surface area contributed by atoms with Gasteiger partial charge in [0.05, 0.1) is 20.1 Å². The Bertz CT molecular complexity index is 995. The van der Waals surface area contributed by atoms with Gasteiger partial charge < -0.3 is 14.8 Å². The van der Waals surface area contributed by atoms with E-state index in [2.05, 4.69) is 5.32 Å². The molecule has 30 heavy (non-hydrogen) atoms. The zero-order valence-corrected chi connectivity index (χ0v) is 18.5. The van der Waals surface area contributed by atoms with Gasteiger partial charge in [-0.3, -0.25) is 4.79 Å². The Labute approximate surface area is 182 Å². The van der Waals surface area contributed by atoms with Crippen LogP contribution >= 0.6 is 11.6 Å². The van der Waals surface area contributed by atoms with E-state index in [-0.39, 0.29) is 23.1 Å². The van der Waals surface area contributed by atoms with E-state index in [0.717, 1.165) is 5.56 Å². The molecule has 0 aliphatic carbocycles. The van der Waals surface area contributed by atoms with Gasteiger partial charge in [-0.15, -0.1) is 0 Å². The second-order valence-corrected chi connectivity index (χ2v) is 9.41. The fourth-order valence-corrected chi connectivity index (χ4v) is 5.26. The first-order valence-electron chi connectivity index (χ1n) is 9.59. The standard InChI is InChI=1S/C21H25ClN2O5S/c1-28-18-9-10-19(29-2)20(12-18)30(26,27)24-11-3-4-16(14-24)21(25)23-13-15-5-7-17(22)8-6-15/h5-10,12,16H,3-4,11,13-14H2,1-2H3,(H,23,25). The molecule has 1 saturated heterocycles. The lowest BCUT2D eigenvalue weighted by molar-refractivity contribution is -0.126. The van der Waals surface area contributed by atoms with Crippen LogP contribution in [0.3, 0.4) is 0 Å². The van der Waals surface area contributed by atoms with Gasteiger partial charge in [-0.25, -0.2) is 8.42 Å². The van der Waals surface area contributed by atoms with Crippen molar-refractivity contribution in [3.05, 3.63) is 53.1 Å². The predicted octanol–water partition coefficient (Wildman–Crippen LogP) is 3.07. The number of ether oxygens (including phenoxy) is 2. The zero-order valence-electron chi connectivity index (χ0n) is 16.9. The molecule has 1 N–H and O–H groups in total. The van der Waals surface area contributed by atoms with Crippen LogP contribution in [0.15, 0.2) is 47.4 Å². The van der Waals surface area contributed by atoms with Gasteiger partial charge in [0.1, 0.15) is 16.4 Å². The van der Waals surface area contributed by atoms with Crippen molar-refractivity contribution in [3.63, 3.8) is 0 Å². The van der Waals surface area contributed by atoms with Gasteiger partial charge in [0, 0.05) is 30.7 Å². The summed E-state index contributed by atoms with van der Waals surface area (Å²) in [4.78, 5) is 12.7. The Morgan fingerprint density at radius 2 is 1.90 bits per heavy atom. The molecule has 9 heteroatoms. The number of methoxy groups -OCH3 is 2. The summed E-state index contributed by atoms with van der Waals surface area (Å²) in [5.41, 5.74) is 0.925. The summed E-state index contributed by atoms with van der Waals surface area (Å²) in [5, 5.41) is 3.52. The third kappa shape index (κ3) is 5.06. The molecular formula is C21H25ClN2O5S. The molecule has 2 aromatic rings. The third-order valence-electron chi connectivity index (χ3n) is 5.12. The van der Waals surface area contributed by atoms with Crippen molar-refractivity contribution in [1.29, 1.82) is 0 Å². The lowest BCUT2D eigenvalue weighted by atomic mass is 9.99. The van der Waals surface area contributed by atoms with Crippen molar-refractivity contribution in [1.82, 2.24) is 9.62 Å². The topological polar surface area (TPSA) is 84.9 Å². The highest BCUT2D eigenvalue weighted by Crippen LogP contribution is 2.32. The van der Waals surface area contributed by atoms with E-state index in [1.54, 1.807) is 24.3 Å². The van der Waals surface area contributed by atoms with E-state index in [1.165, 1.54) is 24.6 Å². The zero-order chi connectivity index (χ0) is 21.7. The van der Waals surface area contributed by atoms with Gasteiger partial charge in [0.2, 0.25) is 15.9 Å². The molecule has 1 atom stereocenters. The summed E-state index contributed by atoms with van der Waals surface area (Å²) in [7, 11) is -0.949.